The molecule has 0 spiro atoms. The molecule has 30 heavy (non-hydrogen) atoms. The fourth-order valence-corrected chi connectivity index (χ4v) is 5.94. The number of nitrogens with one attached hydrogen (secondary N) is 1. The highest BCUT2D eigenvalue weighted by Gasteiger charge is 2.26. The number of amides is 1. The predicted octanol–water partition coefficient (Wildman–Crippen LogP) is 4.47. The maximum absolute atomic E-state index is 12.7. The summed E-state index contributed by atoms with van der Waals surface area (Å²) in [4.78, 5) is 18.5. The highest BCUT2D eigenvalue weighted by atomic mass is 35.5. The van der Waals surface area contributed by atoms with E-state index in [2.05, 4.69) is 35.0 Å². The van der Waals surface area contributed by atoms with E-state index in [0.717, 1.165) is 61.0 Å². The SMILES string of the molecule is Cc1ccc(Cl)cc1N1CCN(CC(=O)Nc2sc3c(c2C#N)CC[C@@H](C)C3)CC1. The highest BCUT2D eigenvalue weighted by molar-refractivity contribution is 7.16. The van der Waals surface area contributed by atoms with Gasteiger partial charge in [-0.2, -0.15) is 5.26 Å². The van der Waals surface area contributed by atoms with Gasteiger partial charge in [-0.25, -0.2) is 0 Å². The third-order valence-corrected chi connectivity index (χ3v) is 7.53. The number of nitrogens with zero attached hydrogens (tertiary/aromatic N) is 3. The zero-order valence-corrected chi connectivity index (χ0v) is 19.1. The van der Waals surface area contributed by atoms with Crippen molar-refractivity contribution in [3.63, 3.8) is 0 Å². The van der Waals surface area contributed by atoms with E-state index in [0.29, 0.717) is 18.0 Å². The van der Waals surface area contributed by atoms with Crippen LogP contribution < -0.4 is 10.2 Å². The molecule has 158 valence electrons. The fraction of sp³-hybridized carbons (Fsp3) is 0.478. The summed E-state index contributed by atoms with van der Waals surface area (Å²) < 4.78 is 0. The van der Waals surface area contributed by atoms with Crippen LogP contribution in [0.5, 0.6) is 0 Å². The van der Waals surface area contributed by atoms with Crippen molar-refractivity contribution in [1.29, 1.82) is 5.26 Å². The Morgan fingerprint density at radius 2 is 2.10 bits per heavy atom. The normalized spacial score (nSPS) is 19.3. The van der Waals surface area contributed by atoms with Gasteiger partial charge in [0, 0.05) is 41.8 Å². The monoisotopic (exact) mass is 442 g/mol. The topological polar surface area (TPSA) is 59.4 Å². The van der Waals surface area contributed by atoms with Gasteiger partial charge in [0.2, 0.25) is 5.91 Å². The van der Waals surface area contributed by atoms with Crippen LogP contribution >= 0.6 is 22.9 Å². The van der Waals surface area contributed by atoms with Crippen molar-refractivity contribution in [2.75, 3.05) is 42.9 Å². The molecule has 2 heterocycles. The van der Waals surface area contributed by atoms with E-state index < -0.39 is 0 Å². The Labute approximate surface area is 187 Å². The Morgan fingerprint density at radius 1 is 1.33 bits per heavy atom. The number of benzene rings is 1. The smallest absolute Gasteiger partial charge is 0.239 e. The van der Waals surface area contributed by atoms with Crippen LogP contribution in [0.3, 0.4) is 0 Å². The van der Waals surface area contributed by atoms with Gasteiger partial charge in [-0.15, -0.1) is 11.3 Å². The third kappa shape index (κ3) is 4.49. The van der Waals surface area contributed by atoms with Crippen LogP contribution in [0.1, 0.15) is 34.9 Å². The number of thiophene rings is 1. The summed E-state index contributed by atoms with van der Waals surface area (Å²) in [5, 5.41) is 14.1. The maximum Gasteiger partial charge on any atom is 0.239 e. The van der Waals surface area contributed by atoms with Crippen molar-refractivity contribution < 1.29 is 4.79 Å². The standard InChI is InChI=1S/C23H27ClN4OS/c1-15-3-6-18-19(13-25)23(30-21(18)11-15)26-22(29)14-27-7-9-28(10-8-27)20-12-17(24)5-4-16(20)2/h4-5,12,15H,3,6-11,14H2,1-2H3,(H,26,29)/t15-/m1/s1. The molecule has 1 fully saturated rings. The fourth-order valence-electron chi connectivity index (χ4n) is 4.40. The molecule has 5 nitrogen and oxygen atoms in total. The Morgan fingerprint density at radius 3 is 2.83 bits per heavy atom. The molecule has 2 aliphatic rings. The summed E-state index contributed by atoms with van der Waals surface area (Å²) in [7, 11) is 0. The first-order chi connectivity index (χ1) is 14.4. The van der Waals surface area contributed by atoms with Crippen molar-refractivity contribution in [3.8, 4) is 6.07 Å². The molecule has 1 aliphatic carbocycles. The number of hydrogen-bond acceptors (Lipinski definition) is 5. The molecular weight excluding hydrogens is 416 g/mol. The minimum atomic E-state index is -0.0365. The minimum absolute atomic E-state index is 0.0365. The maximum atomic E-state index is 12.7. The average molecular weight is 443 g/mol. The van der Waals surface area contributed by atoms with Crippen molar-refractivity contribution in [1.82, 2.24) is 4.90 Å². The molecule has 0 unspecified atom stereocenters. The first-order valence-corrected chi connectivity index (χ1v) is 11.7. The quantitative estimate of drug-likeness (QED) is 0.759. The number of nitriles is 1. The zero-order valence-electron chi connectivity index (χ0n) is 17.5. The number of aryl methyl sites for hydroxylation is 1. The largest absolute Gasteiger partial charge is 0.369 e. The second kappa shape index (κ2) is 8.97. The molecule has 1 amide bonds. The number of anilines is 2. The first kappa shape index (κ1) is 21.2. The van der Waals surface area contributed by atoms with Gasteiger partial charge < -0.3 is 10.2 Å². The minimum Gasteiger partial charge on any atom is -0.369 e. The molecule has 0 radical (unpaired) electrons. The number of fused-ring (bicyclic) bond motifs is 1. The molecule has 0 bridgehead atoms. The summed E-state index contributed by atoms with van der Waals surface area (Å²) in [6.45, 7) is 8.07. The summed E-state index contributed by atoms with van der Waals surface area (Å²) in [6, 6.07) is 8.31. The summed E-state index contributed by atoms with van der Waals surface area (Å²) in [6.07, 6.45) is 3.06. The Hall–Kier alpha value is -2.07. The summed E-state index contributed by atoms with van der Waals surface area (Å²) in [5.41, 5.74) is 4.21. The van der Waals surface area contributed by atoms with Crippen molar-refractivity contribution in [2.24, 2.45) is 5.92 Å². The number of rotatable bonds is 4. The van der Waals surface area contributed by atoms with Gasteiger partial charge in [0.15, 0.2) is 0 Å². The van der Waals surface area contributed by atoms with Crippen molar-refractivity contribution in [2.45, 2.75) is 33.1 Å². The van der Waals surface area contributed by atoms with Gasteiger partial charge in [0.25, 0.3) is 0 Å². The highest BCUT2D eigenvalue weighted by Crippen LogP contribution is 2.39. The van der Waals surface area contributed by atoms with Crippen LogP contribution in [0.2, 0.25) is 5.02 Å². The number of halogens is 1. The second-order valence-corrected chi connectivity index (χ2v) is 9.95. The van der Waals surface area contributed by atoms with Gasteiger partial charge >= 0.3 is 0 Å². The molecule has 2 aromatic rings. The van der Waals surface area contributed by atoms with E-state index in [9.17, 15) is 10.1 Å². The molecule has 1 aliphatic heterocycles. The lowest BCUT2D eigenvalue weighted by Crippen LogP contribution is -2.48. The average Bonchev–Trinajstić information content (AvgIpc) is 3.06. The second-order valence-electron chi connectivity index (χ2n) is 8.41. The van der Waals surface area contributed by atoms with Gasteiger partial charge in [0.05, 0.1) is 12.1 Å². The van der Waals surface area contributed by atoms with Crippen molar-refractivity contribution in [3.05, 3.63) is 44.8 Å². The lowest BCUT2D eigenvalue weighted by Gasteiger charge is -2.36. The first-order valence-electron chi connectivity index (χ1n) is 10.5. The van der Waals surface area contributed by atoms with Crippen LogP contribution in [0.15, 0.2) is 18.2 Å². The Balaban J connectivity index is 1.35. The van der Waals surface area contributed by atoms with E-state index in [1.807, 2.05) is 18.2 Å². The molecular formula is C23H27ClN4OS. The third-order valence-electron chi connectivity index (χ3n) is 6.13. The van der Waals surface area contributed by atoms with Crippen molar-refractivity contribution >= 4 is 39.5 Å². The van der Waals surface area contributed by atoms with E-state index in [1.54, 1.807) is 11.3 Å². The number of hydrogen-bond donors (Lipinski definition) is 1. The molecule has 1 aromatic carbocycles. The number of carbonyl (C=O) groups excluding carboxylic acids is 1. The number of carbonyl (C=O) groups is 1. The molecule has 0 saturated carbocycles. The molecule has 7 heteroatoms. The molecule has 1 atom stereocenters. The van der Waals surface area contributed by atoms with E-state index >= 15 is 0 Å². The van der Waals surface area contributed by atoms with E-state index in [1.165, 1.54) is 16.1 Å². The van der Waals surface area contributed by atoms with Crippen LogP contribution in [0.25, 0.3) is 0 Å². The lowest BCUT2D eigenvalue weighted by molar-refractivity contribution is -0.117. The lowest BCUT2D eigenvalue weighted by atomic mass is 9.89. The molecule has 1 N–H and O–H groups in total. The van der Waals surface area contributed by atoms with E-state index in [4.69, 9.17) is 11.6 Å². The molecule has 4 rings (SSSR count). The summed E-state index contributed by atoms with van der Waals surface area (Å²) >= 11 is 7.76. The Kier molecular flexibility index (Phi) is 6.33. The Bertz CT molecular complexity index is 988. The van der Waals surface area contributed by atoms with Gasteiger partial charge in [-0.1, -0.05) is 24.6 Å². The molecule has 1 saturated heterocycles. The summed E-state index contributed by atoms with van der Waals surface area (Å²) in [5.74, 6) is 0.608. The molecule has 1 aromatic heterocycles. The number of piperazine rings is 1. The van der Waals surface area contributed by atoms with Gasteiger partial charge in [-0.05, 0) is 55.4 Å². The van der Waals surface area contributed by atoms with E-state index in [-0.39, 0.29) is 5.91 Å². The predicted molar refractivity (Wildman–Crippen MR) is 124 cm³/mol. The van der Waals surface area contributed by atoms with Crippen LogP contribution in [-0.2, 0) is 17.6 Å². The van der Waals surface area contributed by atoms with Crippen LogP contribution in [-0.4, -0.2) is 43.5 Å². The van der Waals surface area contributed by atoms with Gasteiger partial charge in [-0.3, -0.25) is 9.69 Å². The zero-order chi connectivity index (χ0) is 21.3. The van der Waals surface area contributed by atoms with Gasteiger partial charge in [0.1, 0.15) is 11.1 Å². The van der Waals surface area contributed by atoms with Crippen LogP contribution in [0.4, 0.5) is 10.7 Å². The van der Waals surface area contributed by atoms with Crippen LogP contribution in [0, 0.1) is 24.2 Å².